The van der Waals surface area contributed by atoms with E-state index in [1.54, 1.807) is 0 Å². The maximum absolute atomic E-state index is 5.79. The maximum atomic E-state index is 5.79. The Labute approximate surface area is 124 Å². The fraction of sp³-hybridized carbons (Fsp3) is 0.600. The summed E-state index contributed by atoms with van der Waals surface area (Å²) in [5.74, 6) is 0. The quantitative estimate of drug-likeness (QED) is 0.927. The lowest BCUT2D eigenvalue weighted by Crippen LogP contribution is -2.56. The van der Waals surface area contributed by atoms with Gasteiger partial charge in [-0.15, -0.1) is 0 Å². The maximum Gasteiger partial charge on any atom is 0.0514 e. The largest absolute Gasteiger partial charge is 0.365 e. The van der Waals surface area contributed by atoms with E-state index in [1.165, 1.54) is 15.7 Å². The molecular weight excluding hydrogens is 302 g/mol. The first-order valence-corrected chi connectivity index (χ1v) is 7.75. The van der Waals surface area contributed by atoms with Crippen LogP contribution in [0.4, 0.5) is 5.69 Å². The molecule has 0 spiro atoms. The van der Waals surface area contributed by atoms with Crippen LogP contribution in [0.15, 0.2) is 22.7 Å². The van der Waals surface area contributed by atoms with Crippen LogP contribution in [0.5, 0.6) is 0 Å². The van der Waals surface area contributed by atoms with Crippen LogP contribution in [-0.4, -0.2) is 43.7 Å². The molecule has 0 aromatic heterocycles. The van der Waals surface area contributed by atoms with Gasteiger partial charge >= 0.3 is 0 Å². The van der Waals surface area contributed by atoms with Gasteiger partial charge in [-0.2, -0.15) is 0 Å². The molecule has 1 aromatic rings. The summed E-state index contributed by atoms with van der Waals surface area (Å²) in [5.41, 5.74) is 8.37. The number of anilines is 1. The van der Waals surface area contributed by atoms with Crippen molar-refractivity contribution in [3.05, 3.63) is 28.2 Å². The van der Waals surface area contributed by atoms with E-state index in [9.17, 15) is 0 Å². The predicted octanol–water partition coefficient (Wildman–Crippen LogP) is 2.62. The molecule has 0 saturated carbocycles. The first-order valence-electron chi connectivity index (χ1n) is 6.96. The number of hydrogen-bond donors (Lipinski definition) is 1. The van der Waals surface area contributed by atoms with Gasteiger partial charge in [0.2, 0.25) is 0 Å². The third-order valence-electron chi connectivity index (χ3n) is 4.07. The Morgan fingerprint density at radius 2 is 2.11 bits per heavy atom. The minimum Gasteiger partial charge on any atom is -0.365 e. The van der Waals surface area contributed by atoms with E-state index in [1.807, 2.05) is 0 Å². The Morgan fingerprint density at radius 1 is 1.37 bits per heavy atom. The highest BCUT2D eigenvalue weighted by atomic mass is 79.9. The Kier molecular flexibility index (Phi) is 4.87. The SMILES string of the molecule is Cc1ccc(N2CC(C)N(C)CC2CCN)c(Br)c1. The average Bonchev–Trinajstić information content (AvgIpc) is 2.34. The second kappa shape index (κ2) is 6.25. The second-order valence-corrected chi connectivity index (χ2v) is 6.48. The lowest BCUT2D eigenvalue weighted by Gasteiger charge is -2.45. The van der Waals surface area contributed by atoms with Crippen LogP contribution in [0, 0.1) is 6.92 Å². The van der Waals surface area contributed by atoms with Crippen molar-refractivity contribution in [1.29, 1.82) is 0 Å². The Balaban J connectivity index is 2.28. The molecule has 0 aliphatic carbocycles. The number of aryl methyl sites for hydroxylation is 1. The summed E-state index contributed by atoms with van der Waals surface area (Å²) in [7, 11) is 2.20. The van der Waals surface area contributed by atoms with Crippen LogP contribution in [0.1, 0.15) is 18.9 Å². The van der Waals surface area contributed by atoms with Crippen LogP contribution in [0.25, 0.3) is 0 Å². The highest BCUT2D eigenvalue weighted by molar-refractivity contribution is 9.10. The van der Waals surface area contributed by atoms with E-state index < -0.39 is 0 Å². The van der Waals surface area contributed by atoms with Gasteiger partial charge < -0.3 is 10.6 Å². The molecule has 1 aliphatic heterocycles. The van der Waals surface area contributed by atoms with Crippen molar-refractivity contribution in [1.82, 2.24) is 4.90 Å². The zero-order valence-electron chi connectivity index (χ0n) is 12.1. The van der Waals surface area contributed by atoms with E-state index in [0.29, 0.717) is 12.1 Å². The van der Waals surface area contributed by atoms with Gasteiger partial charge in [-0.25, -0.2) is 0 Å². The molecule has 1 heterocycles. The molecule has 0 radical (unpaired) electrons. The molecule has 2 N–H and O–H groups in total. The molecule has 1 aromatic carbocycles. The van der Waals surface area contributed by atoms with Gasteiger partial charge in [0.25, 0.3) is 0 Å². The smallest absolute Gasteiger partial charge is 0.0514 e. The molecule has 1 aliphatic rings. The predicted molar refractivity (Wildman–Crippen MR) is 85.8 cm³/mol. The second-order valence-electron chi connectivity index (χ2n) is 5.63. The lowest BCUT2D eigenvalue weighted by molar-refractivity contribution is 0.196. The van der Waals surface area contributed by atoms with Crippen molar-refractivity contribution < 1.29 is 0 Å². The van der Waals surface area contributed by atoms with Gasteiger partial charge in [0.05, 0.1) is 5.69 Å². The van der Waals surface area contributed by atoms with Gasteiger partial charge in [-0.05, 0) is 67.5 Å². The standard InChI is InChI=1S/C15H24BrN3/c1-11-4-5-15(14(16)8-11)19-9-12(2)18(3)10-13(19)6-7-17/h4-5,8,12-13H,6-7,9-10,17H2,1-3H3. The summed E-state index contributed by atoms with van der Waals surface area (Å²) in [4.78, 5) is 4.94. The van der Waals surface area contributed by atoms with Crippen molar-refractivity contribution in [3.63, 3.8) is 0 Å². The van der Waals surface area contributed by atoms with Gasteiger partial charge in [-0.1, -0.05) is 6.07 Å². The minimum atomic E-state index is 0.505. The van der Waals surface area contributed by atoms with Crippen LogP contribution >= 0.6 is 15.9 Å². The number of piperazine rings is 1. The monoisotopic (exact) mass is 325 g/mol. The molecular formula is C15H24BrN3. The molecule has 2 unspecified atom stereocenters. The Hall–Kier alpha value is -0.580. The molecule has 19 heavy (non-hydrogen) atoms. The first-order chi connectivity index (χ1) is 9.02. The van der Waals surface area contributed by atoms with Crippen LogP contribution in [-0.2, 0) is 0 Å². The third kappa shape index (κ3) is 3.30. The zero-order valence-corrected chi connectivity index (χ0v) is 13.7. The molecule has 3 nitrogen and oxygen atoms in total. The number of halogens is 1. The molecule has 4 heteroatoms. The summed E-state index contributed by atoms with van der Waals surface area (Å²) in [5, 5.41) is 0. The van der Waals surface area contributed by atoms with Crippen molar-refractivity contribution >= 4 is 21.6 Å². The summed E-state index contributed by atoms with van der Waals surface area (Å²) in [6.07, 6.45) is 1.04. The van der Waals surface area contributed by atoms with Gasteiger partial charge in [-0.3, -0.25) is 4.90 Å². The van der Waals surface area contributed by atoms with Crippen molar-refractivity contribution in [3.8, 4) is 0 Å². The van der Waals surface area contributed by atoms with Crippen LogP contribution < -0.4 is 10.6 Å². The molecule has 0 bridgehead atoms. The highest BCUT2D eigenvalue weighted by Crippen LogP contribution is 2.31. The third-order valence-corrected chi connectivity index (χ3v) is 4.70. The topological polar surface area (TPSA) is 32.5 Å². The Bertz CT molecular complexity index is 435. The summed E-state index contributed by atoms with van der Waals surface area (Å²) >= 11 is 3.71. The fourth-order valence-electron chi connectivity index (χ4n) is 2.76. The average molecular weight is 326 g/mol. The minimum absolute atomic E-state index is 0.505. The number of nitrogens with two attached hydrogens (primary N) is 1. The first kappa shape index (κ1) is 14.8. The van der Waals surface area contributed by atoms with Gasteiger partial charge in [0, 0.05) is 29.6 Å². The van der Waals surface area contributed by atoms with E-state index >= 15 is 0 Å². The number of rotatable bonds is 3. The van der Waals surface area contributed by atoms with E-state index in [-0.39, 0.29) is 0 Å². The van der Waals surface area contributed by atoms with Crippen molar-refractivity contribution in [2.24, 2.45) is 5.73 Å². The van der Waals surface area contributed by atoms with Gasteiger partial charge in [0.15, 0.2) is 0 Å². The lowest BCUT2D eigenvalue weighted by atomic mass is 10.0. The number of hydrogen-bond acceptors (Lipinski definition) is 3. The fourth-order valence-corrected chi connectivity index (χ4v) is 3.48. The molecule has 0 amide bonds. The van der Waals surface area contributed by atoms with E-state index in [2.05, 4.69) is 64.8 Å². The van der Waals surface area contributed by atoms with Crippen molar-refractivity contribution in [2.75, 3.05) is 31.6 Å². The number of likely N-dealkylation sites (N-methyl/N-ethyl adjacent to an activating group) is 1. The summed E-state index contributed by atoms with van der Waals surface area (Å²) in [6, 6.07) is 7.67. The van der Waals surface area contributed by atoms with E-state index in [0.717, 1.165) is 26.1 Å². The van der Waals surface area contributed by atoms with Crippen molar-refractivity contribution in [2.45, 2.75) is 32.4 Å². The molecule has 2 rings (SSSR count). The normalized spacial score (nSPS) is 24.8. The number of nitrogens with zero attached hydrogens (tertiary/aromatic N) is 2. The highest BCUT2D eigenvalue weighted by Gasteiger charge is 2.30. The zero-order chi connectivity index (χ0) is 14.0. The van der Waals surface area contributed by atoms with E-state index in [4.69, 9.17) is 5.73 Å². The molecule has 1 fully saturated rings. The van der Waals surface area contributed by atoms with Crippen LogP contribution in [0.3, 0.4) is 0 Å². The molecule has 106 valence electrons. The summed E-state index contributed by atoms with van der Waals surface area (Å²) < 4.78 is 1.19. The summed E-state index contributed by atoms with van der Waals surface area (Å²) in [6.45, 7) is 7.29. The van der Waals surface area contributed by atoms with Gasteiger partial charge in [0.1, 0.15) is 0 Å². The Morgan fingerprint density at radius 3 is 2.74 bits per heavy atom. The van der Waals surface area contributed by atoms with Crippen LogP contribution in [0.2, 0.25) is 0 Å². The molecule has 1 saturated heterocycles. The molecule has 2 atom stereocenters. The number of benzene rings is 1.